The molecule has 6 heteroatoms. The van der Waals surface area contributed by atoms with Crippen LogP contribution >= 0.6 is 0 Å². The van der Waals surface area contributed by atoms with Crippen LogP contribution in [0.2, 0.25) is 0 Å². The van der Waals surface area contributed by atoms with Gasteiger partial charge in [-0.25, -0.2) is 0 Å². The first kappa shape index (κ1) is 19.0. The normalized spacial score (nSPS) is 14.7. The van der Waals surface area contributed by atoms with E-state index < -0.39 is 0 Å². The third-order valence-electron chi connectivity index (χ3n) is 4.82. The average molecular weight is 369 g/mol. The summed E-state index contributed by atoms with van der Waals surface area (Å²) in [5.74, 6) is 1.64. The summed E-state index contributed by atoms with van der Waals surface area (Å²) in [5.41, 5.74) is 1.98. The number of carbonyl (C=O) groups is 1. The Morgan fingerprint density at radius 3 is 2.33 bits per heavy atom. The maximum absolute atomic E-state index is 12.2. The number of anilines is 2. The minimum Gasteiger partial charge on any atom is -0.497 e. The molecule has 2 aromatic rings. The Morgan fingerprint density at radius 1 is 0.963 bits per heavy atom. The summed E-state index contributed by atoms with van der Waals surface area (Å²) in [7, 11) is 3.30. The van der Waals surface area contributed by atoms with E-state index in [1.54, 1.807) is 14.2 Å². The second-order valence-electron chi connectivity index (χ2n) is 6.56. The van der Waals surface area contributed by atoms with Gasteiger partial charge in [-0.1, -0.05) is 6.07 Å². The van der Waals surface area contributed by atoms with Crippen molar-refractivity contribution in [1.82, 2.24) is 4.90 Å². The fraction of sp³-hybridized carbons (Fsp3) is 0.381. The van der Waals surface area contributed by atoms with Gasteiger partial charge in [0, 0.05) is 56.6 Å². The highest BCUT2D eigenvalue weighted by molar-refractivity contribution is 5.91. The van der Waals surface area contributed by atoms with Crippen molar-refractivity contribution >= 4 is 17.3 Å². The van der Waals surface area contributed by atoms with E-state index in [9.17, 15) is 4.79 Å². The molecule has 2 aromatic carbocycles. The summed E-state index contributed by atoms with van der Waals surface area (Å²) in [4.78, 5) is 16.9. The largest absolute Gasteiger partial charge is 0.497 e. The number of carbonyl (C=O) groups excluding carboxylic acids is 1. The van der Waals surface area contributed by atoms with Gasteiger partial charge in [0.25, 0.3) is 0 Å². The molecule has 0 radical (unpaired) electrons. The van der Waals surface area contributed by atoms with Gasteiger partial charge in [0.2, 0.25) is 5.91 Å². The van der Waals surface area contributed by atoms with Gasteiger partial charge < -0.3 is 19.7 Å². The summed E-state index contributed by atoms with van der Waals surface area (Å²) in [6.07, 6.45) is 0.486. The number of benzene rings is 2. The molecular weight excluding hydrogens is 342 g/mol. The monoisotopic (exact) mass is 369 g/mol. The lowest BCUT2D eigenvalue weighted by atomic mass is 10.2. The van der Waals surface area contributed by atoms with Gasteiger partial charge in [-0.2, -0.15) is 0 Å². The number of rotatable bonds is 7. The van der Waals surface area contributed by atoms with E-state index >= 15 is 0 Å². The zero-order valence-electron chi connectivity index (χ0n) is 16.0. The topological polar surface area (TPSA) is 54.0 Å². The average Bonchev–Trinajstić information content (AvgIpc) is 2.73. The fourth-order valence-electron chi connectivity index (χ4n) is 3.21. The third kappa shape index (κ3) is 5.37. The Hall–Kier alpha value is -2.73. The number of nitrogens with zero attached hydrogens (tertiary/aromatic N) is 2. The Labute approximate surface area is 160 Å². The number of hydrogen-bond donors (Lipinski definition) is 1. The Morgan fingerprint density at radius 2 is 1.67 bits per heavy atom. The van der Waals surface area contributed by atoms with Crippen molar-refractivity contribution < 1.29 is 14.3 Å². The molecule has 1 saturated heterocycles. The maximum Gasteiger partial charge on any atom is 0.225 e. The number of hydrogen-bond acceptors (Lipinski definition) is 5. The van der Waals surface area contributed by atoms with Crippen molar-refractivity contribution in [2.24, 2.45) is 0 Å². The highest BCUT2D eigenvalue weighted by atomic mass is 16.5. The zero-order chi connectivity index (χ0) is 19.1. The first-order valence-corrected chi connectivity index (χ1v) is 9.23. The number of methoxy groups -OCH3 is 2. The highest BCUT2D eigenvalue weighted by Gasteiger charge is 2.18. The molecule has 0 saturated carbocycles. The number of amides is 1. The molecule has 27 heavy (non-hydrogen) atoms. The Kier molecular flexibility index (Phi) is 6.54. The first-order chi connectivity index (χ1) is 13.2. The predicted molar refractivity (Wildman–Crippen MR) is 108 cm³/mol. The Bertz CT molecular complexity index is 741. The van der Waals surface area contributed by atoms with Gasteiger partial charge in [-0.15, -0.1) is 0 Å². The second-order valence-corrected chi connectivity index (χ2v) is 6.56. The summed E-state index contributed by atoms with van der Waals surface area (Å²) >= 11 is 0. The van der Waals surface area contributed by atoms with Crippen molar-refractivity contribution in [2.45, 2.75) is 6.42 Å². The van der Waals surface area contributed by atoms with Crippen molar-refractivity contribution in [3.8, 4) is 11.5 Å². The molecule has 0 spiro atoms. The standard InChI is InChI=1S/C21H27N3O3/c1-26-19-8-6-18(7-9-19)24-14-12-23(13-15-24)11-10-21(25)22-17-4-3-5-20(16-17)27-2/h3-9,16H,10-15H2,1-2H3,(H,22,25). The van der Waals surface area contributed by atoms with Crippen LogP contribution in [0, 0.1) is 0 Å². The Balaban J connectivity index is 1.41. The van der Waals surface area contributed by atoms with Crippen LogP contribution in [-0.2, 0) is 4.79 Å². The molecule has 1 N–H and O–H groups in total. The molecule has 1 amide bonds. The summed E-state index contributed by atoms with van der Waals surface area (Å²) in [6.45, 7) is 4.61. The van der Waals surface area contributed by atoms with Crippen LogP contribution in [0.3, 0.4) is 0 Å². The van der Waals surface area contributed by atoms with Gasteiger partial charge in [0.1, 0.15) is 11.5 Å². The van der Waals surface area contributed by atoms with E-state index in [1.165, 1.54) is 5.69 Å². The molecule has 3 rings (SSSR count). The lowest BCUT2D eigenvalue weighted by Gasteiger charge is -2.36. The molecule has 0 bridgehead atoms. The number of piperazine rings is 1. The quantitative estimate of drug-likeness (QED) is 0.813. The molecule has 1 aliphatic rings. The van der Waals surface area contributed by atoms with Gasteiger partial charge >= 0.3 is 0 Å². The number of nitrogens with one attached hydrogen (secondary N) is 1. The van der Waals surface area contributed by atoms with Crippen molar-refractivity contribution in [3.05, 3.63) is 48.5 Å². The summed E-state index contributed by atoms with van der Waals surface area (Å²) in [5, 5.41) is 2.93. The molecule has 0 unspecified atom stereocenters. The third-order valence-corrected chi connectivity index (χ3v) is 4.82. The van der Waals surface area contributed by atoms with E-state index in [0.717, 1.165) is 49.9 Å². The van der Waals surface area contributed by atoms with Gasteiger partial charge in [-0.05, 0) is 36.4 Å². The molecule has 0 aromatic heterocycles. The molecule has 1 aliphatic heterocycles. The minimum absolute atomic E-state index is 0.0286. The van der Waals surface area contributed by atoms with Crippen molar-refractivity contribution in [1.29, 1.82) is 0 Å². The van der Waals surface area contributed by atoms with E-state index in [-0.39, 0.29) is 5.91 Å². The van der Waals surface area contributed by atoms with Crippen LogP contribution in [0.1, 0.15) is 6.42 Å². The molecule has 6 nitrogen and oxygen atoms in total. The number of ether oxygens (including phenoxy) is 2. The van der Waals surface area contributed by atoms with Crippen LogP contribution in [-0.4, -0.2) is 57.8 Å². The van der Waals surface area contributed by atoms with E-state index in [0.29, 0.717) is 6.42 Å². The molecule has 144 valence electrons. The second kappa shape index (κ2) is 9.28. The molecular formula is C21H27N3O3. The minimum atomic E-state index is 0.0286. The van der Waals surface area contributed by atoms with Crippen LogP contribution in [0.25, 0.3) is 0 Å². The summed E-state index contributed by atoms with van der Waals surface area (Å²) < 4.78 is 10.4. The SMILES string of the molecule is COc1ccc(N2CCN(CCC(=O)Nc3cccc(OC)c3)CC2)cc1. The zero-order valence-corrected chi connectivity index (χ0v) is 16.0. The lowest BCUT2D eigenvalue weighted by Crippen LogP contribution is -2.47. The van der Waals surface area contributed by atoms with Crippen LogP contribution in [0.15, 0.2) is 48.5 Å². The van der Waals surface area contributed by atoms with Crippen LogP contribution in [0.5, 0.6) is 11.5 Å². The lowest BCUT2D eigenvalue weighted by molar-refractivity contribution is -0.116. The van der Waals surface area contributed by atoms with Crippen LogP contribution < -0.4 is 19.7 Å². The van der Waals surface area contributed by atoms with Crippen LogP contribution in [0.4, 0.5) is 11.4 Å². The smallest absolute Gasteiger partial charge is 0.225 e. The molecule has 0 aliphatic carbocycles. The molecule has 1 heterocycles. The van der Waals surface area contributed by atoms with Gasteiger partial charge in [0.15, 0.2) is 0 Å². The predicted octanol–water partition coefficient (Wildman–Crippen LogP) is 2.85. The highest BCUT2D eigenvalue weighted by Crippen LogP contribution is 2.21. The van der Waals surface area contributed by atoms with Crippen molar-refractivity contribution in [2.75, 3.05) is 57.2 Å². The van der Waals surface area contributed by atoms with Gasteiger partial charge in [-0.3, -0.25) is 9.69 Å². The molecule has 0 atom stereocenters. The van der Waals surface area contributed by atoms with E-state index in [2.05, 4.69) is 27.2 Å². The van der Waals surface area contributed by atoms with E-state index in [4.69, 9.17) is 9.47 Å². The van der Waals surface area contributed by atoms with Gasteiger partial charge in [0.05, 0.1) is 14.2 Å². The van der Waals surface area contributed by atoms with E-state index in [1.807, 2.05) is 36.4 Å². The fourth-order valence-corrected chi connectivity index (χ4v) is 3.21. The summed E-state index contributed by atoms with van der Waals surface area (Å²) in [6, 6.07) is 15.6. The van der Waals surface area contributed by atoms with Crippen molar-refractivity contribution in [3.63, 3.8) is 0 Å². The molecule has 1 fully saturated rings. The maximum atomic E-state index is 12.2. The first-order valence-electron chi connectivity index (χ1n) is 9.23.